The number of nitrogens with two attached hydrogens (primary N) is 1. The molecule has 2 atom stereocenters. The molecule has 92 valence electrons. The molecule has 1 aromatic carbocycles. The summed E-state index contributed by atoms with van der Waals surface area (Å²) in [5.74, 6) is 0.106. The van der Waals surface area contributed by atoms with Gasteiger partial charge in [-0.2, -0.15) is 0 Å². The number of halogens is 3. The third kappa shape index (κ3) is 3.79. The predicted molar refractivity (Wildman–Crippen MR) is 71.5 cm³/mol. The van der Waals surface area contributed by atoms with Crippen molar-refractivity contribution in [2.45, 2.75) is 26.0 Å². The first-order valence-corrected chi connectivity index (χ1v) is 5.57. The van der Waals surface area contributed by atoms with Gasteiger partial charge in [-0.1, -0.05) is 43.1 Å². The van der Waals surface area contributed by atoms with E-state index in [9.17, 15) is 5.11 Å². The van der Waals surface area contributed by atoms with Crippen molar-refractivity contribution in [1.29, 1.82) is 0 Å². The molecule has 16 heavy (non-hydrogen) atoms. The first-order valence-electron chi connectivity index (χ1n) is 4.82. The zero-order chi connectivity index (χ0) is 11.6. The lowest BCUT2D eigenvalue weighted by atomic mass is 9.94. The first-order chi connectivity index (χ1) is 6.93. The monoisotopic (exact) mass is 283 g/mol. The number of rotatable bonds is 3. The van der Waals surface area contributed by atoms with Crippen LogP contribution in [0.15, 0.2) is 18.2 Å². The van der Waals surface area contributed by atoms with Crippen LogP contribution < -0.4 is 5.73 Å². The zero-order valence-electron chi connectivity index (χ0n) is 9.15. The van der Waals surface area contributed by atoms with Crippen LogP contribution in [0.2, 0.25) is 10.0 Å². The molecule has 0 radical (unpaired) electrons. The fourth-order valence-corrected chi connectivity index (χ4v) is 1.64. The predicted octanol–water partition coefficient (Wildman–Crippen LogP) is 3.43. The van der Waals surface area contributed by atoms with E-state index in [0.717, 1.165) is 5.56 Å². The van der Waals surface area contributed by atoms with Crippen LogP contribution in [-0.2, 0) is 0 Å². The van der Waals surface area contributed by atoms with Crippen LogP contribution in [0.1, 0.15) is 25.5 Å². The van der Waals surface area contributed by atoms with Gasteiger partial charge in [-0.15, -0.1) is 12.4 Å². The number of aliphatic hydroxyl groups is 1. The van der Waals surface area contributed by atoms with Crippen LogP contribution in [0, 0.1) is 5.92 Å². The van der Waals surface area contributed by atoms with E-state index in [1.165, 1.54) is 0 Å². The highest BCUT2D eigenvalue weighted by Gasteiger charge is 2.20. The largest absolute Gasteiger partial charge is 0.391 e. The smallest absolute Gasteiger partial charge is 0.0755 e. The van der Waals surface area contributed by atoms with Crippen LogP contribution in [0.3, 0.4) is 0 Å². The number of aliphatic hydroxyl groups excluding tert-OH is 1. The second-order valence-corrected chi connectivity index (χ2v) is 4.75. The Morgan fingerprint density at radius 2 is 1.75 bits per heavy atom. The lowest BCUT2D eigenvalue weighted by Gasteiger charge is -2.22. The van der Waals surface area contributed by atoms with Crippen molar-refractivity contribution < 1.29 is 5.11 Å². The summed E-state index contributed by atoms with van der Waals surface area (Å²) in [5.41, 5.74) is 6.70. The minimum atomic E-state index is -0.581. The van der Waals surface area contributed by atoms with E-state index in [1.807, 2.05) is 13.8 Å². The van der Waals surface area contributed by atoms with Crippen molar-refractivity contribution in [3.8, 4) is 0 Å². The molecule has 0 aliphatic heterocycles. The van der Waals surface area contributed by atoms with E-state index in [1.54, 1.807) is 18.2 Å². The maximum Gasteiger partial charge on any atom is 0.0755 e. The maximum atomic E-state index is 9.81. The summed E-state index contributed by atoms with van der Waals surface area (Å²) in [6.07, 6.45) is -0.581. The Morgan fingerprint density at radius 3 is 2.19 bits per heavy atom. The molecule has 0 spiro atoms. The third-order valence-electron chi connectivity index (χ3n) is 2.38. The third-order valence-corrected chi connectivity index (χ3v) is 3.12. The van der Waals surface area contributed by atoms with Crippen LogP contribution in [0.25, 0.3) is 0 Å². The van der Waals surface area contributed by atoms with Gasteiger partial charge in [0, 0.05) is 0 Å². The van der Waals surface area contributed by atoms with Crippen molar-refractivity contribution >= 4 is 35.6 Å². The Labute approximate surface area is 112 Å². The molecule has 1 aromatic rings. The Balaban J connectivity index is 0.00000225. The van der Waals surface area contributed by atoms with Crippen molar-refractivity contribution in [2.75, 3.05) is 0 Å². The second kappa shape index (κ2) is 6.67. The lowest BCUT2D eigenvalue weighted by Crippen LogP contribution is -2.30. The molecule has 2 nitrogen and oxygen atoms in total. The van der Waals surface area contributed by atoms with Crippen molar-refractivity contribution in [3.05, 3.63) is 33.8 Å². The van der Waals surface area contributed by atoms with Gasteiger partial charge in [0.05, 0.1) is 22.2 Å². The second-order valence-electron chi connectivity index (χ2n) is 3.93. The molecule has 3 N–H and O–H groups in total. The Hall–Kier alpha value is 0.01000. The highest BCUT2D eigenvalue weighted by Crippen LogP contribution is 2.27. The van der Waals surface area contributed by atoms with Gasteiger partial charge in [-0.25, -0.2) is 0 Å². The molecule has 0 aliphatic rings. The molecule has 0 heterocycles. The number of hydrogen-bond donors (Lipinski definition) is 2. The first kappa shape index (κ1) is 16.0. The lowest BCUT2D eigenvalue weighted by molar-refractivity contribution is 0.0979. The molecule has 0 amide bonds. The van der Waals surface area contributed by atoms with Gasteiger partial charge in [0.1, 0.15) is 0 Å². The Kier molecular flexibility index (Phi) is 6.68. The van der Waals surface area contributed by atoms with Crippen molar-refractivity contribution in [1.82, 2.24) is 0 Å². The van der Waals surface area contributed by atoms with E-state index >= 15 is 0 Å². The highest BCUT2D eigenvalue weighted by atomic mass is 35.5. The van der Waals surface area contributed by atoms with Gasteiger partial charge in [0.2, 0.25) is 0 Å². The summed E-state index contributed by atoms with van der Waals surface area (Å²) in [4.78, 5) is 0. The number of benzene rings is 1. The SMILES string of the molecule is CC(C)[C@H](O)[C@H](N)c1ccc(Cl)c(Cl)c1.Cl. The van der Waals surface area contributed by atoms with Crippen LogP contribution in [0.5, 0.6) is 0 Å². The minimum Gasteiger partial charge on any atom is -0.391 e. The molecule has 0 saturated heterocycles. The highest BCUT2D eigenvalue weighted by molar-refractivity contribution is 6.42. The molecule has 1 rings (SSSR count). The molecule has 0 bridgehead atoms. The summed E-state index contributed by atoms with van der Waals surface area (Å²) in [6.45, 7) is 3.84. The van der Waals surface area contributed by atoms with Gasteiger partial charge < -0.3 is 10.8 Å². The van der Waals surface area contributed by atoms with Crippen molar-refractivity contribution in [2.24, 2.45) is 11.7 Å². The van der Waals surface area contributed by atoms with Gasteiger partial charge in [-0.05, 0) is 23.6 Å². The van der Waals surface area contributed by atoms with Gasteiger partial charge in [0.25, 0.3) is 0 Å². The Morgan fingerprint density at radius 1 is 1.19 bits per heavy atom. The summed E-state index contributed by atoms with van der Waals surface area (Å²) < 4.78 is 0. The van der Waals surface area contributed by atoms with Crippen LogP contribution >= 0.6 is 35.6 Å². The zero-order valence-corrected chi connectivity index (χ0v) is 11.5. The standard InChI is InChI=1S/C11H15Cl2NO.ClH/c1-6(2)11(15)10(14)7-3-4-8(12)9(13)5-7;/h3-6,10-11,15H,14H2,1-2H3;1H/t10-,11+;/m1./s1. The van der Waals surface area contributed by atoms with Crippen molar-refractivity contribution in [3.63, 3.8) is 0 Å². The summed E-state index contributed by atoms with van der Waals surface area (Å²) in [7, 11) is 0. The fourth-order valence-electron chi connectivity index (χ4n) is 1.33. The van der Waals surface area contributed by atoms with E-state index in [4.69, 9.17) is 28.9 Å². The van der Waals surface area contributed by atoms with E-state index in [-0.39, 0.29) is 18.3 Å². The summed E-state index contributed by atoms with van der Waals surface area (Å²) >= 11 is 11.7. The molecule has 0 aromatic heterocycles. The molecule has 0 aliphatic carbocycles. The minimum absolute atomic E-state index is 0. The molecule has 0 saturated carbocycles. The van der Waals surface area contributed by atoms with Gasteiger partial charge in [0.15, 0.2) is 0 Å². The topological polar surface area (TPSA) is 46.2 Å². The van der Waals surface area contributed by atoms with Crippen LogP contribution in [-0.4, -0.2) is 11.2 Å². The number of hydrogen-bond acceptors (Lipinski definition) is 2. The molecule has 0 fully saturated rings. The maximum absolute atomic E-state index is 9.81. The van der Waals surface area contributed by atoms with E-state index < -0.39 is 12.1 Å². The summed E-state index contributed by atoms with van der Waals surface area (Å²) in [6, 6.07) is 4.73. The normalized spacial score (nSPS) is 14.4. The van der Waals surface area contributed by atoms with Crippen LogP contribution in [0.4, 0.5) is 0 Å². The van der Waals surface area contributed by atoms with Gasteiger partial charge in [-0.3, -0.25) is 0 Å². The summed E-state index contributed by atoms with van der Waals surface area (Å²) in [5, 5.41) is 10.8. The molecule has 0 unspecified atom stereocenters. The Bertz CT molecular complexity index is 344. The quantitative estimate of drug-likeness (QED) is 0.893. The molecular formula is C11H16Cl3NO. The molecular weight excluding hydrogens is 268 g/mol. The van der Waals surface area contributed by atoms with E-state index in [2.05, 4.69) is 0 Å². The van der Waals surface area contributed by atoms with E-state index in [0.29, 0.717) is 10.0 Å². The average Bonchev–Trinajstić information content (AvgIpc) is 2.19. The average molecular weight is 285 g/mol. The fraction of sp³-hybridized carbons (Fsp3) is 0.455. The van der Waals surface area contributed by atoms with Gasteiger partial charge >= 0.3 is 0 Å². The molecule has 5 heteroatoms.